The number of rotatable bonds is 14. The van der Waals surface area contributed by atoms with Crippen molar-refractivity contribution in [2.45, 2.75) is 58.2 Å². The van der Waals surface area contributed by atoms with Crippen LogP contribution in [0, 0.1) is 0 Å². The Labute approximate surface area is 234 Å². The van der Waals surface area contributed by atoms with E-state index >= 15 is 0 Å². The Hall–Kier alpha value is -3.32. The maximum Gasteiger partial charge on any atom is 0.243 e. The lowest BCUT2D eigenvalue weighted by Crippen LogP contribution is -2.52. The van der Waals surface area contributed by atoms with Crippen molar-refractivity contribution in [1.82, 2.24) is 10.2 Å². The van der Waals surface area contributed by atoms with Crippen molar-refractivity contribution in [3.05, 3.63) is 94.5 Å². The van der Waals surface area contributed by atoms with Crippen LogP contribution < -0.4 is 14.8 Å². The molecule has 0 aromatic heterocycles. The zero-order valence-electron chi connectivity index (χ0n) is 22.4. The second-order valence-corrected chi connectivity index (χ2v) is 10.2. The first-order valence-electron chi connectivity index (χ1n) is 13.0. The quantitative estimate of drug-likeness (QED) is 0.231. The van der Waals surface area contributed by atoms with Crippen molar-refractivity contribution < 1.29 is 19.1 Å². The van der Waals surface area contributed by atoms with Gasteiger partial charge < -0.3 is 19.7 Å². The number of halogens is 1. The van der Waals surface area contributed by atoms with Crippen LogP contribution in [0.2, 0.25) is 0 Å². The number of hydrogen-bond donors (Lipinski definition) is 1. The second kappa shape index (κ2) is 15.2. The number of carbonyl (C=O) groups excluding carboxylic acids is 2. The number of nitrogens with one attached hydrogen (secondary N) is 1. The van der Waals surface area contributed by atoms with Gasteiger partial charge in [-0.25, -0.2) is 0 Å². The molecule has 0 aliphatic heterocycles. The Morgan fingerprint density at radius 3 is 2.29 bits per heavy atom. The fraction of sp³-hybridized carbons (Fsp3) is 0.355. The Balaban J connectivity index is 1.78. The summed E-state index contributed by atoms with van der Waals surface area (Å²) in [5.74, 6) is 1.26. The van der Waals surface area contributed by atoms with E-state index in [0.29, 0.717) is 26.0 Å². The van der Waals surface area contributed by atoms with Crippen LogP contribution in [-0.2, 0) is 22.6 Å². The average molecular weight is 582 g/mol. The summed E-state index contributed by atoms with van der Waals surface area (Å²) in [5.41, 5.74) is 1.96. The van der Waals surface area contributed by atoms with Crippen LogP contribution in [0.4, 0.5) is 0 Å². The lowest BCUT2D eigenvalue weighted by molar-refractivity contribution is -0.141. The lowest BCUT2D eigenvalue weighted by Gasteiger charge is -2.32. The maximum atomic E-state index is 13.7. The molecule has 0 saturated carbocycles. The zero-order chi connectivity index (χ0) is 27.3. The number of hydrogen-bond acceptors (Lipinski definition) is 4. The van der Waals surface area contributed by atoms with Gasteiger partial charge in [0.2, 0.25) is 11.8 Å². The third kappa shape index (κ3) is 9.21. The van der Waals surface area contributed by atoms with Crippen LogP contribution >= 0.6 is 15.9 Å². The largest absolute Gasteiger partial charge is 0.497 e. The van der Waals surface area contributed by atoms with Crippen LogP contribution in [0.1, 0.15) is 44.2 Å². The highest BCUT2D eigenvalue weighted by Gasteiger charge is 2.30. The molecule has 202 valence electrons. The smallest absolute Gasteiger partial charge is 0.243 e. The summed E-state index contributed by atoms with van der Waals surface area (Å²) in [5, 5.41) is 3.10. The predicted molar refractivity (Wildman–Crippen MR) is 154 cm³/mol. The maximum absolute atomic E-state index is 13.7. The summed E-state index contributed by atoms with van der Waals surface area (Å²) >= 11 is 3.53. The van der Waals surface area contributed by atoms with Gasteiger partial charge in [-0.05, 0) is 67.3 Å². The number of carbonyl (C=O) groups is 2. The van der Waals surface area contributed by atoms with E-state index in [1.807, 2.05) is 92.7 Å². The molecular weight excluding hydrogens is 544 g/mol. The number of benzene rings is 3. The van der Waals surface area contributed by atoms with Crippen LogP contribution in [0.15, 0.2) is 83.3 Å². The van der Waals surface area contributed by atoms with Crippen LogP contribution in [0.25, 0.3) is 0 Å². The van der Waals surface area contributed by atoms with Crippen LogP contribution in [0.3, 0.4) is 0 Å². The number of amides is 2. The SMILES string of the molecule is CC[C@@H](C)NC(=O)[C@H](Cc1ccccc1)N(Cc1cccc(Br)c1)C(=O)CCCOc1ccc(OC)cc1. The lowest BCUT2D eigenvalue weighted by atomic mass is 10.0. The highest BCUT2D eigenvalue weighted by molar-refractivity contribution is 9.10. The van der Waals surface area contributed by atoms with Crippen molar-refractivity contribution in [1.29, 1.82) is 0 Å². The second-order valence-electron chi connectivity index (χ2n) is 9.30. The molecule has 2 atom stereocenters. The van der Waals surface area contributed by atoms with Crippen molar-refractivity contribution in [2.24, 2.45) is 0 Å². The minimum Gasteiger partial charge on any atom is -0.497 e. The van der Waals surface area contributed by atoms with Crippen LogP contribution in [0.5, 0.6) is 11.5 Å². The van der Waals surface area contributed by atoms with Gasteiger partial charge in [0.05, 0.1) is 13.7 Å². The fourth-order valence-corrected chi connectivity index (χ4v) is 4.50. The first-order valence-corrected chi connectivity index (χ1v) is 13.8. The molecule has 0 saturated heterocycles. The average Bonchev–Trinajstić information content (AvgIpc) is 2.93. The van der Waals surface area contributed by atoms with Gasteiger partial charge in [0.1, 0.15) is 17.5 Å². The molecule has 0 spiro atoms. The normalized spacial score (nSPS) is 12.3. The molecule has 0 bridgehead atoms. The summed E-state index contributed by atoms with van der Waals surface area (Å²) in [6.07, 6.45) is 2.05. The molecular formula is C31H37BrN2O4. The molecule has 0 unspecified atom stereocenters. The van der Waals surface area contributed by atoms with E-state index in [9.17, 15) is 9.59 Å². The molecule has 0 aliphatic carbocycles. The summed E-state index contributed by atoms with van der Waals surface area (Å²) in [7, 11) is 1.62. The van der Waals surface area contributed by atoms with Gasteiger partial charge in [-0.3, -0.25) is 9.59 Å². The molecule has 38 heavy (non-hydrogen) atoms. The molecule has 0 heterocycles. The zero-order valence-corrected chi connectivity index (χ0v) is 23.9. The molecule has 6 nitrogen and oxygen atoms in total. The van der Waals surface area contributed by atoms with E-state index in [2.05, 4.69) is 21.2 Å². The molecule has 0 aliphatic rings. The van der Waals surface area contributed by atoms with Crippen LogP contribution in [-0.4, -0.2) is 42.5 Å². The molecule has 7 heteroatoms. The molecule has 0 radical (unpaired) electrons. The topological polar surface area (TPSA) is 67.9 Å². The summed E-state index contributed by atoms with van der Waals surface area (Å²) in [4.78, 5) is 28.9. The third-order valence-corrected chi connectivity index (χ3v) is 6.87. The number of ether oxygens (including phenoxy) is 2. The number of nitrogens with zero attached hydrogens (tertiary/aromatic N) is 1. The Bertz CT molecular complexity index is 1150. The van der Waals surface area contributed by atoms with Gasteiger partial charge in [-0.15, -0.1) is 0 Å². The first kappa shape index (κ1) is 29.2. The fourth-order valence-electron chi connectivity index (χ4n) is 4.06. The Morgan fingerprint density at radius 2 is 1.63 bits per heavy atom. The summed E-state index contributed by atoms with van der Waals surface area (Å²) in [6.45, 7) is 4.74. The van der Waals surface area contributed by atoms with Gasteiger partial charge in [-0.1, -0.05) is 65.3 Å². The van der Waals surface area contributed by atoms with E-state index in [1.165, 1.54) is 0 Å². The van der Waals surface area contributed by atoms with Gasteiger partial charge in [0, 0.05) is 29.9 Å². The monoisotopic (exact) mass is 580 g/mol. The molecule has 3 aromatic carbocycles. The Morgan fingerprint density at radius 1 is 0.947 bits per heavy atom. The van der Waals surface area contributed by atoms with Gasteiger partial charge >= 0.3 is 0 Å². The number of methoxy groups -OCH3 is 1. The minimum atomic E-state index is -0.639. The molecule has 0 fully saturated rings. The van der Waals surface area contributed by atoms with Gasteiger partial charge in [0.15, 0.2) is 0 Å². The van der Waals surface area contributed by atoms with E-state index in [4.69, 9.17) is 9.47 Å². The molecule has 2 amide bonds. The van der Waals surface area contributed by atoms with Gasteiger partial charge in [-0.2, -0.15) is 0 Å². The van der Waals surface area contributed by atoms with E-state index in [-0.39, 0.29) is 24.3 Å². The Kier molecular flexibility index (Phi) is 11.7. The van der Waals surface area contributed by atoms with Crippen molar-refractivity contribution in [3.63, 3.8) is 0 Å². The third-order valence-electron chi connectivity index (χ3n) is 6.38. The highest BCUT2D eigenvalue weighted by atomic mass is 79.9. The highest BCUT2D eigenvalue weighted by Crippen LogP contribution is 2.20. The minimum absolute atomic E-state index is 0.0153. The first-order chi connectivity index (χ1) is 18.4. The molecule has 3 rings (SSSR count). The van der Waals surface area contributed by atoms with Crippen molar-refractivity contribution in [2.75, 3.05) is 13.7 Å². The standard InChI is InChI=1S/C31H37BrN2O4/c1-4-23(2)33-31(36)29(21-24-10-6-5-7-11-24)34(22-25-12-8-13-26(32)20-25)30(35)14-9-19-38-28-17-15-27(37-3)16-18-28/h5-8,10-13,15-18,20,23,29H,4,9,14,19,21-22H2,1-3H3,(H,33,36)/t23-,29+/m1/s1. The van der Waals surface area contributed by atoms with E-state index in [0.717, 1.165) is 33.5 Å². The summed E-state index contributed by atoms with van der Waals surface area (Å²) in [6, 6.07) is 24.4. The summed E-state index contributed by atoms with van der Waals surface area (Å²) < 4.78 is 11.9. The van der Waals surface area contributed by atoms with E-state index < -0.39 is 6.04 Å². The van der Waals surface area contributed by atoms with Crippen molar-refractivity contribution in [3.8, 4) is 11.5 Å². The molecule has 1 N–H and O–H groups in total. The predicted octanol–water partition coefficient (Wildman–Crippen LogP) is 6.17. The van der Waals surface area contributed by atoms with E-state index in [1.54, 1.807) is 12.0 Å². The molecule has 3 aromatic rings. The van der Waals surface area contributed by atoms with Gasteiger partial charge in [0.25, 0.3) is 0 Å². The van der Waals surface area contributed by atoms with Crippen molar-refractivity contribution >= 4 is 27.7 Å².